The molecule has 3 aromatic heterocycles. The van der Waals surface area contributed by atoms with Crippen LogP contribution in [0.15, 0.2) is 55.8 Å². The Morgan fingerprint density at radius 1 is 1.07 bits per heavy atom. The monoisotopic (exact) mass is 557 g/mol. The van der Waals surface area contributed by atoms with Gasteiger partial charge in [0.2, 0.25) is 11.9 Å². The van der Waals surface area contributed by atoms with Gasteiger partial charge >= 0.3 is 0 Å². The van der Waals surface area contributed by atoms with E-state index in [1.54, 1.807) is 41.8 Å². The normalized spacial score (nSPS) is 13.6. The molecule has 1 fully saturated rings. The molecule has 13 heteroatoms. The van der Waals surface area contributed by atoms with Gasteiger partial charge in [-0.3, -0.25) is 4.79 Å². The van der Waals surface area contributed by atoms with E-state index in [9.17, 15) is 9.18 Å². The van der Waals surface area contributed by atoms with Crippen LogP contribution < -0.4 is 15.0 Å². The summed E-state index contributed by atoms with van der Waals surface area (Å²) in [5.41, 5.74) is 2.06. The summed E-state index contributed by atoms with van der Waals surface area (Å²) >= 11 is 0. The highest BCUT2D eigenvalue weighted by Crippen LogP contribution is 2.34. The largest absolute Gasteiger partial charge is 0.457 e. The minimum absolute atomic E-state index is 0.112. The summed E-state index contributed by atoms with van der Waals surface area (Å²) in [5, 5.41) is 3.02. The van der Waals surface area contributed by atoms with E-state index in [1.165, 1.54) is 30.9 Å². The van der Waals surface area contributed by atoms with Crippen LogP contribution >= 0.6 is 0 Å². The molecule has 0 spiro atoms. The molecule has 0 saturated carbocycles. The second-order valence-corrected chi connectivity index (χ2v) is 9.55. The fraction of sp³-hybridized carbons (Fsp3) is 0.214. The lowest BCUT2D eigenvalue weighted by Crippen LogP contribution is -2.48. The third-order valence-corrected chi connectivity index (χ3v) is 6.97. The number of nitrogens with zero attached hydrogens (tertiary/aromatic N) is 8. The maximum absolute atomic E-state index is 15.5. The zero-order valence-corrected chi connectivity index (χ0v) is 22.3. The van der Waals surface area contributed by atoms with Gasteiger partial charge in [-0.1, -0.05) is 6.58 Å². The van der Waals surface area contributed by atoms with E-state index in [0.717, 1.165) is 0 Å². The molecule has 0 aliphatic carbocycles. The summed E-state index contributed by atoms with van der Waals surface area (Å²) in [5.74, 6) is 0.0297. The number of aryl methyl sites for hydroxylation is 1. The van der Waals surface area contributed by atoms with Crippen LogP contribution in [0.5, 0.6) is 11.5 Å². The maximum Gasteiger partial charge on any atom is 0.246 e. The average Bonchev–Trinajstić information content (AvgIpc) is 3.37. The van der Waals surface area contributed by atoms with E-state index in [4.69, 9.17) is 4.74 Å². The van der Waals surface area contributed by atoms with Crippen molar-refractivity contribution in [3.8, 4) is 11.5 Å². The smallest absolute Gasteiger partial charge is 0.246 e. The summed E-state index contributed by atoms with van der Waals surface area (Å²) in [6.45, 7) is 7.24. The van der Waals surface area contributed by atoms with Crippen LogP contribution in [0.4, 0.5) is 26.2 Å². The molecule has 1 N–H and O–H groups in total. The Morgan fingerprint density at radius 3 is 2.66 bits per heavy atom. The van der Waals surface area contributed by atoms with Crippen LogP contribution in [0.1, 0.15) is 5.56 Å². The van der Waals surface area contributed by atoms with Crippen molar-refractivity contribution in [3.63, 3.8) is 0 Å². The van der Waals surface area contributed by atoms with E-state index in [1.807, 2.05) is 4.90 Å². The fourth-order valence-electron chi connectivity index (χ4n) is 4.75. The molecule has 1 amide bonds. The second kappa shape index (κ2) is 10.4. The molecule has 0 bridgehead atoms. The quantitative estimate of drug-likeness (QED) is 0.306. The SMILES string of the molecule is C=CC(=O)N1CCN(c2ncc3ncnc(Nc4ccc(Oc5cc(F)c6c(c5)ncn6C)c(C)c4F)c3n2)CC1. The summed E-state index contributed by atoms with van der Waals surface area (Å²) in [6.07, 6.45) is 5.75. The number of halogens is 2. The number of hydrogen-bond acceptors (Lipinski definition) is 9. The second-order valence-electron chi connectivity index (χ2n) is 9.55. The number of hydrogen-bond donors (Lipinski definition) is 1. The highest BCUT2D eigenvalue weighted by molar-refractivity contribution is 5.88. The molecular weight excluding hydrogens is 532 g/mol. The molecule has 208 valence electrons. The van der Waals surface area contributed by atoms with Crippen LogP contribution in [0, 0.1) is 18.6 Å². The van der Waals surface area contributed by atoms with Gasteiger partial charge in [-0.25, -0.2) is 33.7 Å². The van der Waals surface area contributed by atoms with E-state index in [0.29, 0.717) is 60.0 Å². The molecule has 4 heterocycles. The van der Waals surface area contributed by atoms with Crippen LogP contribution in [-0.2, 0) is 11.8 Å². The fourth-order valence-corrected chi connectivity index (χ4v) is 4.75. The number of aromatic nitrogens is 6. The number of amides is 1. The van der Waals surface area contributed by atoms with Gasteiger partial charge in [-0.05, 0) is 25.1 Å². The maximum atomic E-state index is 15.5. The number of benzene rings is 2. The Morgan fingerprint density at radius 2 is 1.88 bits per heavy atom. The molecule has 11 nitrogen and oxygen atoms in total. The summed E-state index contributed by atoms with van der Waals surface area (Å²) in [6, 6.07) is 5.95. The Balaban J connectivity index is 1.25. The predicted molar refractivity (Wildman–Crippen MR) is 149 cm³/mol. The number of rotatable bonds is 6. The molecule has 2 aromatic carbocycles. The molecule has 5 aromatic rings. The first-order chi connectivity index (χ1) is 19.8. The van der Waals surface area contributed by atoms with Crippen molar-refractivity contribution in [2.45, 2.75) is 6.92 Å². The summed E-state index contributed by atoms with van der Waals surface area (Å²) < 4.78 is 37.5. The molecule has 1 aliphatic rings. The Hall–Kier alpha value is -5.20. The van der Waals surface area contributed by atoms with E-state index < -0.39 is 11.6 Å². The van der Waals surface area contributed by atoms with Crippen molar-refractivity contribution < 1.29 is 18.3 Å². The highest BCUT2D eigenvalue weighted by atomic mass is 19.1. The third-order valence-electron chi connectivity index (χ3n) is 6.97. The van der Waals surface area contributed by atoms with E-state index in [2.05, 4.69) is 36.8 Å². The standard InChI is InChI=1S/C28H25F2N9O2/c1-4-23(40)38-7-9-39(10-8-38)28-31-13-21-25(36-28)27(33-14-32-21)35-19-5-6-22(16(2)24(19)30)41-17-11-18(29)26-20(12-17)34-15-37(26)3/h4-6,11-15H,1,7-10H2,2-3H3,(H,32,33,35). The van der Waals surface area contributed by atoms with E-state index >= 15 is 4.39 Å². The number of fused-ring (bicyclic) bond motifs is 2. The van der Waals surface area contributed by atoms with Crippen LogP contribution in [0.25, 0.3) is 22.1 Å². The first-order valence-electron chi connectivity index (χ1n) is 12.8. The lowest BCUT2D eigenvalue weighted by molar-refractivity contribution is -0.126. The molecule has 1 saturated heterocycles. The first kappa shape index (κ1) is 26.0. The zero-order chi connectivity index (χ0) is 28.7. The van der Waals surface area contributed by atoms with Gasteiger partial charge in [0, 0.05) is 50.9 Å². The Kier molecular flexibility index (Phi) is 6.61. The molecule has 0 atom stereocenters. The molecule has 6 rings (SSSR count). The molecule has 1 aliphatic heterocycles. The van der Waals surface area contributed by atoms with Crippen molar-refractivity contribution >= 4 is 45.4 Å². The van der Waals surface area contributed by atoms with Gasteiger partial charge < -0.3 is 24.4 Å². The topological polar surface area (TPSA) is 114 Å². The predicted octanol–water partition coefficient (Wildman–Crippen LogP) is 4.26. The number of anilines is 3. The summed E-state index contributed by atoms with van der Waals surface area (Å²) in [7, 11) is 1.70. The van der Waals surface area contributed by atoms with Gasteiger partial charge in [0.1, 0.15) is 34.4 Å². The van der Waals surface area contributed by atoms with Gasteiger partial charge in [0.15, 0.2) is 17.5 Å². The van der Waals surface area contributed by atoms with Crippen molar-refractivity contribution in [1.29, 1.82) is 0 Å². The number of ether oxygens (including phenoxy) is 1. The number of imidazole rings is 1. The number of nitrogens with one attached hydrogen (secondary N) is 1. The Labute approximate surface area is 233 Å². The third kappa shape index (κ3) is 4.86. The number of carbonyl (C=O) groups excluding carboxylic acids is 1. The van der Waals surface area contributed by atoms with Crippen molar-refractivity contribution in [3.05, 3.63) is 73.0 Å². The van der Waals surface area contributed by atoms with Gasteiger partial charge in [0.25, 0.3) is 0 Å². The van der Waals surface area contributed by atoms with Crippen LogP contribution in [0.3, 0.4) is 0 Å². The van der Waals surface area contributed by atoms with E-state index in [-0.39, 0.29) is 28.7 Å². The summed E-state index contributed by atoms with van der Waals surface area (Å²) in [4.78, 5) is 37.4. The average molecular weight is 558 g/mol. The van der Waals surface area contributed by atoms with Crippen molar-refractivity contribution in [2.24, 2.45) is 7.05 Å². The van der Waals surface area contributed by atoms with Gasteiger partial charge in [-0.15, -0.1) is 0 Å². The number of carbonyl (C=O) groups is 1. The Bertz CT molecular complexity index is 1820. The molecule has 0 unspecified atom stereocenters. The zero-order valence-electron chi connectivity index (χ0n) is 22.3. The minimum atomic E-state index is -0.564. The van der Waals surface area contributed by atoms with Gasteiger partial charge in [0.05, 0.1) is 23.7 Å². The molecule has 41 heavy (non-hydrogen) atoms. The lowest BCUT2D eigenvalue weighted by Gasteiger charge is -2.34. The van der Waals surface area contributed by atoms with Crippen LogP contribution in [-0.4, -0.2) is 66.5 Å². The first-order valence-corrected chi connectivity index (χ1v) is 12.8. The van der Waals surface area contributed by atoms with Crippen LogP contribution in [0.2, 0.25) is 0 Å². The molecule has 0 radical (unpaired) electrons. The van der Waals surface area contributed by atoms with Gasteiger partial charge in [-0.2, -0.15) is 0 Å². The number of piperazine rings is 1. The van der Waals surface area contributed by atoms with Crippen molar-refractivity contribution in [1.82, 2.24) is 34.4 Å². The van der Waals surface area contributed by atoms with Crippen molar-refractivity contribution in [2.75, 3.05) is 36.4 Å². The highest BCUT2D eigenvalue weighted by Gasteiger charge is 2.22. The molecular formula is C28H25F2N9O2. The minimum Gasteiger partial charge on any atom is -0.457 e. The lowest BCUT2D eigenvalue weighted by atomic mass is 10.1.